The molecule has 2 aromatic carbocycles. The van der Waals surface area contributed by atoms with Crippen LogP contribution in [0, 0.1) is 6.92 Å². The van der Waals surface area contributed by atoms with E-state index < -0.39 is 0 Å². The van der Waals surface area contributed by atoms with E-state index in [4.69, 9.17) is 4.98 Å². The molecule has 0 unspecified atom stereocenters. The van der Waals surface area contributed by atoms with Crippen molar-refractivity contribution in [2.75, 3.05) is 10.6 Å². The van der Waals surface area contributed by atoms with Gasteiger partial charge in [-0.2, -0.15) is 5.10 Å². The maximum atomic E-state index is 12.3. The third kappa shape index (κ3) is 4.17. The fraction of sp³-hybridized carbons (Fsp3) is 0.208. The molecule has 0 aliphatic rings. The van der Waals surface area contributed by atoms with Gasteiger partial charge in [0.15, 0.2) is 5.65 Å². The number of aromatic nitrogens is 3. The number of amides is 2. The summed E-state index contributed by atoms with van der Waals surface area (Å²) in [5.41, 5.74) is 6.37. The number of H-pyrrole nitrogens is 1. The third-order valence-corrected chi connectivity index (χ3v) is 4.92. The van der Waals surface area contributed by atoms with Gasteiger partial charge in [-0.15, -0.1) is 0 Å². The van der Waals surface area contributed by atoms with Crippen molar-refractivity contribution in [3.63, 3.8) is 0 Å². The minimum atomic E-state index is -0.274. The van der Waals surface area contributed by atoms with Crippen molar-refractivity contribution >= 4 is 28.4 Å². The zero-order valence-corrected chi connectivity index (χ0v) is 17.6. The summed E-state index contributed by atoms with van der Waals surface area (Å²) in [5, 5.41) is 13.8. The summed E-state index contributed by atoms with van der Waals surface area (Å²) in [5.74, 6) is 0. The molecule has 0 aliphatic carbocycles. The topological polar surface area (TPSA) is 82.7 Å². The predicted molar refractivity (Wildman–Crippen MR) is 122 cm³/mol. The molecule has 0 radical (unpaired) electrons. The molecule has 152 valence electrons. The highest BCUT2D eigenvalue weighted by atomic mass is 16.2. The number of pyridine rings is 1. The predicted octanol–water partition coefficient (Wildman–Crippen LogP) is 5.87. The lowest BCUT2D eigenvalue weighted by atomic mass is 9.89. The van der Waals surface area contributed by atoms with Gasteiger partial charge in [-0.1, -0.05) is 45.0 Å². The lowest BCUT2D eigenvalue weighted by Crippen LogP contribution is -2.19. The molecule has 0 spiro atoms. The third-order valence-electron chi connectivity index (χ3n) is 4.92. The summed E-state index contributed by atoms with van der Waals surface area (Å²) < 4.78 is 0. The number of aromatic amines is 1. The molecule has 0 fully saturated rings. The number of hydrogen-bond acceptors (Lipinski definition) is 3. The Labute approximate surface area is 175 Å². The highest BCUT2D eigenvalue weighted by Crippen LogP contribution is 2.32. The van der Waals surface area contributed by atoms with Gasteiger partial charge in [0.25, 0.3) is 0 Å². The van der Waals surface area contributed by atoms with Gasteiger partial charge in [0, 0.05) is 27.9 Å². The van der Waals surface area contributed by atoms with Crippen LogP contribution < -0.4 is 10.6 Å². The van der Waals surface area contributed by atoms with E-state index in [9.17, 15) is 4.79 Å². The highest BCUT2D eigenvalue weighted by Gasteiger charge is 2.19. The molecule has 0 bridgehead atoms. The van der Waals surface area contributed by atoms with Crippen LogP contribution in [-0.4, -0.2) is 21.2 Å². The molecule has 0 saturated carbocycles. The summed E-state index contributed by atoms with van der Waals surface area (Å²) in [6.07, 6.45) is 1.80. The van der Waals surface area contributed by atoms with Gasteiger partial charge < -0.3 is 10.6 Å². The van der Waals surface area contributed by atoms with E-state index in [0.29, 0.717) is 0 Å². The number of rotatable bonds is 3. The van der Waals surface area contributed by atoms with Gasteiger partial charge >= 0.3 is 6.03 Å². The van der Waals surface area contributed by atoms with E-state index in [0.717, 1.165) is 44.8 Å². The van der Waals surface area contributed by atoms with E-state index in [1.165, 1.54) is 0 Å². The number of hydrogen-bond donors (Lipinski definition) is 3. The summed E-state index contributed by atoms with van der Waals surface area (Å²) in [6, 6.07) is 17.3. The van der Waals surface area contributed by atoms with E-state index in [1.54, 1.807) is 6.20 Å². The van der Waals surface area contributed by atoms with Crippen molar-refractivity contribution in [2.45, 2.75) is 33.1 Å². The first-order valence-corrected chi connectivity index (χ1v) is 9.89. The second-order valence-corrected chi connectivity index (χ2v) is 8.46. The molecule has 6 nitrogen and oxygen atoms in total. The van der Waals surface area contributed by atoms with Gasteiger partial charge in [-0.3, -0.25) is 5.10 Å². The number of anilines is 2. The molecular weight excluding hydrogens is 374 g/mol. The van der Waals surface area contributed by atoms with Crippen LogP contribution in [0.1, 0.15) is 32.0 Å². The van der Waals surface area contributed by atoms with Crippen LogP contribution in [0.5, 0.6) is 0 Å². The number of carbonyl (C=O) groups excluding carboxylic acids is 1. The summed E-state index contributed by atoms with van der Waals surface area (Å²) in [7, 11) is 0. The molecule has 4 rings (SSSR count). The molecule has 6 heteroatoms. The zero-order chi connectivity index (χ0) is 21.3. The molecular formula is C24H25N5O. The lowest BCUT2D eigenvalue weighted by Gasteiger charge is -2.19. The van der Waals surface area contributed by atoms with Crippen LogP contribution in [0.25, 0.3) is 22.2 Å². The number of benzene rings is 2. The average Bonchev–Trinajstić information content (AvgIpc) is 3.16. The van der Waals surface area contributed by atoms with Gasteiger partial charge in [0.1, 0.15) is 0 Å². The fourth-order valence-corrected chi connectivity index (χ4v) is 3.30. The maximum Gasteiger partial charge on any atom is 0.323 e. The summed E-state index contributed by atoms with van der Waals surface area (Å²) in [4.78, 5) is 17.0. The zero-order valence-electron chi connectivity index (χ0n) is 17.6. The number of aryl methyl sites for hydroxylation is 1. The molecule has 30 heavy (non-hydrogen) atoms. The van der Waals surface area contributed by atoms with E-state index in [2.05, 4.69) is 47.7 Å². The van der Waals surface area contributed by atoms with Crippen LogP contribution in [0.2, 0.25) is 0 Å². The molecule has 2 heterocycles. The molecule has 0 saturated heterocycles. The van der Waals surface area contributed by atoms with Crippen molar-refractivity contribution in [1.82, 2.24) is 15.2 Å². The van der Waals surface area contributed by atoms with Crippen molar-refractivity contribution in [3.05, 3.63) is 72.1 Å². The summed E-state index contributed by atoms with van der Waals surface area (Å²) in [6.45, 7) is 8.41. The average molecular weight is 399 g/mol. The molecule has 4 aromatic rings. The van der Waals surface area contributed by atoms with E-state index in [1.807, 2.05) is 55.5 Å². The first-order chi connectivity index (χ1) is 14.3. The van der Waals surface area contributed by atoms with Gasteiger partial charge in [-0.05, 0) is 53.9 Å². The number of nitrogens with zero attached hydrogens (tertiary/aromatic N) is 2. The Balaban J connectivity index is 1.57. The van der Waals surface area contributed by atoms with Crippen LogP contribution in [0.4, 0.5) is 16.2 Å². The largest absolute Gasteiger partial charge is 0.323 e. The van der Waals surface area contributed by atoms with Crippen molar-refractivity contribution in [3.8, 4) is 11.1 Å². The normalized spacial score (nSPS) is 11.5. The SMILES string of the molecule is Cc1cccc(NC(=O)Nc2ccc(-c3cc(C(C)(C)C)nc4[nH]ncc34)cc2)c1. The number of carbonyl (C=O) groups is 1. The quantitative estimate of drug-likeness (QED) is 0.402. The van der Waals surface area contributed by atoms with Crippen molar-refractivity contribution in [1.29, 1.82) is 0 Å². The monoisotopic (exact) mass is 399 g/mol. The molecule has 2 amide bonds. The van der Waals surface area contributed by atoms with Crippen LogP contribution >= 0.6 is 0 Å². The number of nitrogens with one attached hydrogen (secondary N) is 3. The molecule has 2 aromatic heterocycles. The Morgan fingerprint density at radius 1 is 0.967 bits per heavy atom. The second-order valence-electron chi connectivity index (χ2n) is 8.46. The fourth-order valence-electron chi connectivity index (χ4n) is 3.30. The van der Waals surface area contributed by atoms with E-state index in [-0.39, 0.29) is 11.4 Å². The van der Waals surface area contributed by atoms with E-state index >= 15 is 0 Å². The first-order valence-electron chi connectivity index (χ1n) is 9.89. The van der Waals surface area contributed by atoms with Crippen LogP contribution in [0.3, 0.4) is 0 Å². The Kier molecular flexibility index (Phi) is 4.99. The number of fused-ring (bicyclic) bond motifs is 1. The van der Waals surface area contributed by atoms with Crippen molar-refractivity contribution in [2.24, 2.45) is 0 Å². The standard InChI is InChI=1S/C24H25N5O/c1-15-6-5-7-18(12-15)27-23(30)26-17-10-8-16(9-11-17)19-13-21(24(2,3)4)28-22-20(19)14-25-29-22/h5-14H,1-4H3,(H,25,28,29)(H2,26,27,30). The number of urea groups is 1. The first kappa shape index (κ1) is 19.6. The molecule has 0 atom stereocenters. The second kappa shape index (κ2) is 7.63. The minimum absolute atomic E-state index is 0.0799. The van der Waals surface area contributed by atoms with Crippen LogP contribution in [-0.2, 0) is 5.41 Å². The lowest BCUT2D eigenvalue weighted by molar-refractivity contribution is 0.262. The molecule has 0 aliphatic heterocycles. The Hall–Kier alpha value is -3.67. The van der Waals surface area contributed by atoms with Gasteiger partial charge in [0.05, 0.1) is 6.20 Å². The Bertz CT molecular complexity index is 1200. The smallest absolute Gasteiger partial charge is 0.308 e. The summed E-state index contributed by atoms with van der Waals surface area (Å²) >= 11 is 0. The van der Waals surface area contributed by atoms with Crippen LogP contribution in [0.15, 0.2) is 60.8 Å². The minimum Gasteiger partial charge on any atom is -0.308 e. The van der Waals surface area contributed by atoms with Gasteiger partial charge in [0.2, 0.25) is 0 Å². The highest BCUT2D eigenvalue weighted by molar-refractivity contribution is 6.00. The van der Waals surface area contributed by atoms with Gasteiger partial charge in [-0.25, -0.2) is 9.78 Å². The van der Waals surface area contributed by atoms with Crippen molar-refractivity contribution < 1.29 is 4.79 Å². The Morgan fingerprint density at radius 3 is 2.40 bits per heavy atom. The maximum absolute atomic E-state index is 12.3. The Morgan fingerprint density at radius 2 is 1.70 bits per heavy atom. The molecule has 3 N–H and O–H groups in total.